The minimum absolute atomic E-state index is 0.0470. The predicted octanol–water partition coefficient (Wildman–Crippen LogP) is 9.87. The fourth-order valence-electron chi connectivity index (χ4n) is 2.59. The van der Waals surface area contributed by atoms with Gasteiger partial charge in [-0.1, -0.05) is 57.0 Å². The van der Waals surface area contributed by atoms with Crippen LogP contribution >= 0.6 is 23.2 Å². The molecular formula is C21H19Cl2F8N. The zero-order valence-electron chi connectivity index (χ0n) is 17.2. The van der Waals surface area contributed by atoms with Crippen LogP contribution in [-0.2, 0) is 12.1 Å². The molecule has 0 atom stereocenters. The van der Waals surface area contributed by atoms with Gasteiger partial charge < -0.3 is 4.98 Å². The molecule has 178 valence electrons. The van der Waals surface area contributed by atoms with Crippen molar-refractivity contribution in [2.75, 3.05) is 0 Å². The van der Waals surface area contributed by atoms with Crippen molar-refractivity contribution in [3.8, 4) is 11.1 Å². The zero-order chi connectivity index (χ0) is 25.1. The van der Waals surface area contributed by atoms with Gasteiger partial charge in [0.05, 0.1) is 16.3 Å². The molecule has 32 heavy (non-hydrogen) atoms. The Kier molecular flexibility index (Phi) is 9.02. The van der Waals surface area contributed by atoms with Gasteiger partial charge in [-0.05, 0) is 30.3 Å². The fraction of sp³-hybridized carbons (Fsp3) is 0.333. The van der Waals surface area contributed by atoms with E-state index in [9.17, 15) is 35.1 Å². The Hall–Kier alpha value is -2.00. The van der Waals surface area contributed by atoms with Gasteiger partial charge in [-0.2, -0.15) is 35.1 Å². The molecule has 0 saturated carbocycles. The highest BCUT2D eigenvalue weighted by Crippen LogP contribution is 2.45. The van der Waals surface area contributed by atoms with Crippen molar-refractivity contribution in [2.45, 2.75) is 46.0 Å². The first kappa shape index (κ1) is 28.0. The van der Waals surface area contributed by atoms with Gasteiger partial charge in [-0.3, -0.25) is 0 Å². The Morgan fingerprint density at radius 3 is 1.69 bits per heavy atom. The van der Waals surface area contributed by atoms with Gasteiger partial charge in [0, 0.05) is 27.1 Å². The van der Waals surface area contributed by atoms with Crippen LogP contribution in [0.25, 0.3) is 22.0 Å². The van der Waals surface area contributed by atoms with E-state index in [1.165, 1.54) is 6.07 Å². The van der Waals surface area contributed by atoms with Crippen LogP contribution in [-0.4, -0.2) is 11.2 Å². The number of H-pyrrole nitrogens is 1. The molecule has 3 rings (SSSR count). The van der Waals surface area contributed by atoms with Crippen molar-refractivity contribution in [3.05, 3.63) is 57.7 Å². The monoisotopic (exact) mass is 507 g/mol. The summed E-state index contributed by atoms with van der Waals surface area (Å²) in [6, 6.07) is 5.31. The number of alkyl halides is 8. The van der Waals surface area contributed by atoms with E-state index in [1.807, 2.05) is 32.7 Å². The number of nitrogens with one attached hydrogen (secondary N) is 1. The minimum atomic E-state index is -5.81. The molecule has 3 aromatic rings. The van der Waals surface area contributed by atoms with E-state index in [-0.39, 0.29) is 32.1 Å². The summed E-state index contributed by atoms with van der Waals surface area (Å²) in [5, 5.41) is -0.459. The first-order valence-electron chi connectivity index (χ1n) is 9.36. The first-order chi connectivity index (χ1) is 14.7. The SMILES string of the molecule is CC.CC.FC(F)(F)c1ccc(-c2cc3cc(C(F)(F)C(F)(F)F)[nH]c3cc2Cl)c(Cl)c1. The maximum atomic E-state index is 13.5. The number of hydrogen-bond donors (Lipinski definition) is 1. The van der Waals surface area contributed by atoms with E-state index in [2.05, 4.69) is 0 Å². The van der Waals surface area contributed by atoms with Crippen LogP contribution < -0.4 is 0 Å². The van der Waals surface area contributed by atoms with Crippen molar-refractivity contribution < 1.29 is 35.1 Å². The van der Waals surface area contributed by atoms with Crippen LogP contribution in [0.15, 0.2) is 36.4 Å². The van der Waals surface area contributed by atoms with Gasteiger partial charge in [-0.25, -0.2) is 0 Å². The van der Waals surface area contributed by atoms with Crippen LogP contribution in [0.3, 0.4) is 0 Å². The molecule has 11 heteroatoms. The molecule has 0 fully saturated rings. The van der Waals surface area contributed by atoms with Crippen molar-refractivity contribution in [3.63, 3.8) is 0 Å². The van der Waals surface area contributed by atoms with Crippen molar-refractivity contribution in [1.29, 1.82) is 0 Å². The van der Waals surface area contributed by atoms with E-state index in [0.29, 0.717) is 12.1 Å². The second-order valence-electron chi connectivity index (χ2n) is 5.87. The maximum Gasteiger partial charge on any atom is 0.459 e. The molecule has 0 spiro atoms. The van der Waals surface area contributed by atoms with E-state index >= 15 is 0 Å². The molecular weight excluding hydrogens is 489 g/mol. The fourth-order valence-corrected chi connectivity index (χ4v) is 3.14. The average molecular weight is 508 g/mol. The summed E-state index contributed by atoms with van der Waals surface area (Å²) < 4.78 is 103. The largest absolute Gasteiger partial charge is 0.459 e. The standard InChI is InChI=1S/C17H7Cl2F8N.2C2H6/c18-11-5-8(16(22,23)24)1-2-9(11)10-3-7-4-14(15(20,21)17(25,26)27)28-13(7)6-12(10)19;2*1-2/h1-6,28H;2*1-2H3. The molecule has 0 aliphatic carbocycles. The molecule has 0 radical (unpaired) electrons. The number of aromatic nitrogens is 1. The van der Waals surface area contributed by atoms with E-state index in [4.69, 9.17) is 23.2 Å². The topological polar surface area (TPSA) is 15.8 Å². The summed E-state index contributed by atoms with van der Waals surface area (Å²) >= 11 is 11.9. The summed E-state index contributed by atoms with van der Waals surface area (Å²) in [7, 11) is 0. The molecule has 1 aromatic heterocycles. The van der Waals surface area contributed by atoms with Crippen LogP contribution in [0.1, 0.15) is 39.0 Å². The molecule has 0 bridgehead atoms. The number of hydrogen-bond acceptors (Lipinski definition) is 0. The van der Waals surface area contributed by atoms with E-state index in [1.54, 1.807) is 0 Å². The number of aromatic amines is 1. The van der Waals surface area contributed by atoms with Gasteiger partial charge >= 0.3 is 18.3 Å². The van der Waals surface area contributed by atoms with Gasteiger partial charge in [-0.15, -0.1) is 0 Å². The van der Waals surface area contributed by atoms with Crippen LogP contribution in [0.4, 0.5) is 35.1 Å². The third-order valence-electron chi connectivity index (χ3n) is 3.99. The summed E-state index contributed by atoms with van der Waals surface area (Å²) in [6.45, 7) is 8.00. The second kappa shape index (κ2) is 10.3. The Morgan fingerprint density at radius 2 is 1.22 bits per heavy atom. The Balaban J connectivity index is 0.00000121. The van der Waals surface area contributed by atoms with E-state index in [0.717, 1.165) is 18.2 Å². The lowest BCUT2D eigenvalue weighted by molar-refractivity contribution is -0.290. The highest BCUT2D eigenvalue weighted by Gasteiger charge is 2.59. The molecule has 1 nitrogen and oxygen atoms in total. The zero-order valence-corrected chi connectivity index (χ0v) is 18.8. The molecule has 0 aliphatic rings. The second-order valence-corrected chi connectivity index (χ2v) is 6.68. The number of fused-ring (bicyclic) bond motifs is 1. The van der Waals surface area contributed by atoms with Crippen molar-refractivity contribution in [2.24, 2.45) is 0 Å². The maximum absolute atomic E-state index is 13.5. The summed E-state index contributed by atoms with van der Waals surface area (Å²) in [4.78, 5) is 1.97. The van der Waals surface area contributed by atoms with Gasteiger partial charge in [0.25, 0.3) is 0 Å². The third kappa shape index (κ3) is 5.67. The Labute approximate surface area is 189 Å². The molecule has 0 aliphatic heterocycles. The smallest absolute Gasteiger partial charge is 0.353 e. The van der Waals surface area contributed by atoms with E-state index < -0.39 is 29.5 Å². The minimum Gasteiger partial charge on any atom is -0.353 e. The van der Waals surface area contributed by atoms with Crippen LogP contribution in [0.5, 0.6) is 0 Å². The summed E-state index contributed by atoms with van der Waals surface area (Å²) in [6.07, 6.45) is -10.4. The molecule has 1 N–H and O–H groups in total. The lowest BCUT2D eigenvalue weighted by Gasteiger charge is -2.17. The number of rotatable bonds is 2. The van der Waals surface area contributed by atoms with Crippen molar-refractivity contribution in [1.82, 2.24) is 4.98 Å². The molecule has 1 heterocycles. The van der Waals surface area contributed by atoms with Crippen molar-refractivity contribution >= 4 is 34.1 Å². The first-order valence-corrected chi connectivity index (χ1v) is 10.1. The molecule has 0 saturated heterocycles. The Bertz CT molecular complexity index is 1050. The third-order valence-corrected chi connectivity index (χ3v) is 4.61. The Morgan fingerprint density at radius 1 is 0.688 bits per heavy atom. The predicted molar refractivity (Wildman–Crippen MR) is 111 cm³/mol. The van der Waals surface area contributed by atoms with Crippen LogP contribution in [0.2, 0.25) is 10.0 Å². The molecule has 2 aromatic carbocycles. The number of halogens is 10. The quantitative estimate of drug-likeness (QED) is 0.332. The lowest BCUT2D eigenvalue weighted by Crippen LogP contribution is -2.33. The highest BCUT2D eigenvalue weighted by atomic mass is 35.5. The molecule has 0 amide bonds. The number of benzene rings is 2. The lowest BCUT2D eigenvalue weighted by atomic mass is 10.0. The van der Waals surface area contributed by atoms with Gasteiger partial charge in [0.2, 0.25) is 0 Å². The average Bonchev–Trinajstić information content (AvgIpc) is 3.12. The van der Waals surface area contributed by atoms with Gasteiger partial charge in [0.1, 0.15) is 0 Å². The summed E-state index contributed by atoms with van der Waals surface area (Å²) in [5.74, 6) is -5.12. The normalized spacial score (nSPS) is 12.1. The highest BCUT2D eigenvalue weighted by molar-refractivity contribution is 6.37. The summed E-state index contributed by atoms with van der Waals surface area (Å²) in [5.41, 5.74) is -2.36. The molecule has 0 unspecified atom stereocenters. The van der Waals surface area contributed by atoms with Gasteiger partial charge in [0.15, 0.2) is 0 Å². The van der Waals surface area contributed by atoms with Crippen LogP contribution in [0, 0.1) is 0 Å².